The fourth-order valence-electron chi connectivity index (χ4n) is 1.69. The van der Waals surface area contributed by atoms with Crippen LogP contribution in [0.5, 0.6) is 0 Å². The molecule has 0 spiro atoms. The Kier molecular flexibility index (Phi) is 4.54. The van der Waals surface area contributed by atoms with Crippen molar-refractivity contribution in [3.8, 4) is 0 Å². The van der Waals surface area contributed by atoms with Crippen LogP contribution in [0.3, 0.4) is 0 Å². The highest BCUT2D eigenvalue weighted by molar-refractivity contribution is 9.10. The lowest BCUT2D eigenvalue weighted by atomic mass is 10.2. The van der Waals surface area contributed by atoms with E-state index in [1.807, 2.05) is 25.1 Å². The molecule has 1 aromatic carbocycles. The molecule has 2 aromatic rings. The second-order valence-electron chi connectivity index (χ2n) is 4.33. The topological polar surface area (TPSA) is 101 Å². The lowest BCUT2D eigenvalue weighted by Gasteiger charge is -2.08. The number of aryl methyl sites for hydroxylation is 1. The number of pyridine rings is 1. The number of hydrogen-bond acceptors (Lipinski definition) is 4. The molecule has 0 aliphatic carbocycles. The Morgan fingerprint density at radius 1 is 1.38 bits per heavy atom. The first kappa shape index (κ1) is 15.0. The van der Waals surface area contributed by atoms with Crippen LogP contribution in [-0.2, 0) is 0 Å². The molecule has 108 valence electrons. The molecule has 6 nitrogen and oxygen atoms in total. The quantitative estimate of drug-likeness (QED) is 0.343. The Balaban J connectivity index is 2.17. The summed E-state index contributed by atoms with van der Waals surface area (Å²) in [5.74, 6) is -0.385. The minimum absolute atomic E-state index is 0.0572. The van der Waals surface area contributed by atoms with E-state index in [0.29, 0.717) is 11.3 Å². The first-order valence-electron chi connectivity index (χ1n) is 6.02. The predicted molar refractivity (Wildman–Crippen MR) is 83.6 cm³/mol. The maximum absolute atomic E-state index is 12.1. The standard InChI is InChI=1S/C14H13BrN4O2/c1-8-6-10(15)3-5-11(8)18-14(20)12-4-2-9(7-17-12)13(16)19-21/h2-7,21H,1H3,(H2,16,19)(H,18,20). The zero-order valence-electron chi connectivity index (χ0n) is 11.2. The largest absolute Gasteiger partial charge is 0.409 e. The highest BCUT2D eigenvalue weighted by Gasteiger charge is 2.10. The third kappa shape index (κ3) is 3.57. The summed E-state index contributed by atoms with van der Waals surface area (Å²) < 4.78 is 0.944. The number of benzene rings is 1. The molecule has 0 radical (unpaired) electrons. The molecule has 0 fully saturated rings. The summed E-state index contributed by atoms with van der Waals surface area (Å²) in [4.78, 5) is 16.1. The van der Waals surface area contributed by atoms with Crippen molar-refractivity contribution in [2.24, 2.45) is 10.9 Å². The van der Waals surface area contributed by atoms with Gasteiger partial charge < -0.3 is 16.3 Å². The van der Waals surface area contributed by atoms with Gasteiger partial charge in [-0.25, -0.2) is 0 Å². The summed E-state index contributed by atoms with van der Waals surface area (Å²) >= 11 is 3.37. The lowest BCUT2D eigenvalue weighted by Crippen LogP contribution is -2.17. The van der Waals surface area contributed by atoms with E-state index in [1.54, 1.807) is 6.07 Å². The summed E-state index contributed by atoms with van der Waals surface area (Å²) in [5.41, 5.74) is 7.76. The van der Waals surface area contributed by atoms with Crippen LogP contribution in [0.1, 0.15) is 21.6 Å². The highest BCUT2D eigenvalue weighted by atomic mass is 79.9. The van der Waals surface area contributed by atoms with Gasteiger partial charge in [0.25, 0.3) is 5.91 Å². The SMILES string of the molecule is Cc1cc(Br)ccc1NC(=O)c1ccc(C(N)=NO)cn1. The van der Waals surface area contributed by atoms with Crippen LogP contribution in [-0.4, -0.2) is 21.9 Å². The van der Waals surface area contributed by atoms with Crippen molar-refractivity contribution < 1.29 is 10.0 Å². The van der Waals surface area contributed by atoms with Crippen molar-refractivity contribution >= 4 is 33.4 Å². The number of anilines is 1. The predicted octanol–water partition coefficient (Wildman–Crippen LogP) is 2.50. The normalized spacial score (nSPS) is 11.2. The van der Waals surface area contributed by atoms with E-state index in [2.05, 4.69) is 31.4 Å². The average Bonchev–Trinajstić information content (AvgIpc) is 2.49. The number of amidine groups is 1. The Morgan fingerprint density at radius 2 is 2.14 bits per heavy atom. The third-order valence-electron chi connectivity index (χ3n) is 2.84. The molecule has 1 aromatic heterocycles. The van der Waals surface area contributed by atoms with Crippen LogP contribution in [0.4, 0.5) is 5.69 Å². The van der Waals surface area contributed by atoms with Gasteiger partial charge in [0.15, 0.2) is 5.84 Å². The van der Waals surface area contributed by atoms with E-state index >= 15 is 0 Å². The number of carbonyl (C=O) groups excluding carboxylic acids is 1. The number of nitrogens with two attached hydrogens (primary N) is 1. The van der Waals surface area contributed by atoms with Crippen LogP contribution in [0, 0.1) is 6.92 Å². The number of oxime groups is 1. The zero-order valence-corrected chi connectivity index (χ0v) is 12.8. The number of nitrogens with one attached hydrogen (secondary N) is 1. The summed E-state index contributed by atoms with van der Waals surface area (Å²) in [6, 6.07) is 8.63. The monoisotopic (exact) mass is 348 g/mol. The molecule has 0 saturated heterocycles. The van der Waals surface area contributed by atoms with E-state index in [4.69, 9.17) is 10.9 Å². The molecular formula is C14H13BrN4O2. The summed E-state index contributed by atoms with van der Waals surface area (Å²) in [5, 5.41) is 14.2. The fourth-order valence-corrected chi connectivity index (χ4v) is 2.17. The number of rotatable bonds is 3. The smallest absolute Gasteiger partial charge is 0.274 e. The second kappa shape index (κ2) is 6.36. The number of nitrogens with zero attached hydrogens (tertiary/aromatic N) is 2. The second-order valence-corrected chi connectivity index (χ2v) is 5.25. The number of carbonyl (C=O) groups is 1. The van der Waals surface area contributed by atoms with Gasteiger partial charge >= 0.3 is 0 Å². The third-order valence-corrected chi connectivity index (χ3v) is 3.33. The molecule has 1 heterocycles. The Hall–Kier alpha value is -2.41. The van der Waals surface area contributed by atoms with Gasteiger partial charge in [0.2, 0.25) is 0 Å². The molecular weight excluding hydrogens is 336 g/mol. The highest BCUT2D eigenvalue weighted by Crippen LogP contribution is 2.20. The Labute approximate surface area is 129 Å². The van der Waals surface area contributed by atoms with Gasteiger partial charge in [0, 0.05) is 21.9 Å². The molecule has 4 N–H and O–H groups in total. The molecule has 21 heavy (non-hydrogen) atoms. The Morgan fingerprint density at radius 3 is 2.71 bits per heavy atom. The lowest BCUT2D eigenvalue weighted by molar-refractivity contribution is 0.102. The van der Waals surface area contributed by atoms with Crippen molar-refractivity contribution in [3.05, 3.63) is 57.8 Å². The van der Waals surface area contributed by atoms with Gasteiger partial charge in [-0.1, -0.05) is 21.1 Å². The number of halogens is 1. The van der Waals surface area contributed by atoms with Crippen LogP contribution in [0.25, 0.3) is 0 Å². The maximum atomic E-state index is 12.1. The molecule has 2 rings (SSSR count). The zero-order chi connectivity index (χ0) is 15.4. The minimum Gasteiger partial charge on any atom is -0.409 e. The van der Waals surface area contributed by atoms with Crippen molar-refractivity contribution in [1.82, 2.24) is 4.98 Å². The molecule has 0 saturated carbocycles. The fraction of sp³-hybridized carbons (Fsp3) is 0.0714. The van der Waals surface area contributed by atoms with Crippen molar-refractivity contribution in [1.29, 1.82) is 0 Å². The van der Waals surface area contributed by atoms with Gasteiger partial charge in [0.1, 0.15) is 5.69 Å². The summed E-state index contributed by atoms with van der Waals surface area (Å²) in [7, 11) is 0. The van der Waals surface area contributed by atoms with Crippen LogP contribution in [0.2, 0.25) is 0 Å². The van der Waals surface area contributed by atoms with E-state index < -0.39 is 0 Å². The molecule has 1 amide bonds. The van der Waals surface area contributed by atoms with E-state index in [9.17, 15) is 4.79 Å². The van der Waals surface area contributed by atoms with Crippen LogP contribution >= 0.6 is 15.9 Å². The summed E-state index contributed by atoms with van der Waals surface area (Å²) in [6.07, 6.45) is 1.37. The van der Waals surface area contributed by atoms with Gasteiger partial charge in [-0.3, -0.25) is 9.78 Å². The van der Waals surface area contributed by atoms with E-state index in [0.717, 1.165) is 10.0 Å². The molecule has 0 bridgehead atoms. The Bertz CT molecular complexity index is 699. The number of aromatic nitrogens is 1. The summed E-state index contributed by atoms with van der Waals surface area (Å²) in [6.45, 7) is 1.90. The maximum Gasteiger partial charge on any atom is 0.274 e. The first-order chi connectivity index (χ1) is 10.0. The molecule has 0 unspecified atom stereocenters. The van der Waals surface area contributed by atoms with Gasteiger partial charge in [-0.15, -0.1) is 0 Å². The molecule has 0 atom stereocenters. The minimum atomic E-state index is -0.327. The van der Waals surface area contributed by atoms with Gasteiger partial charge in [-0.2, -0.15) is 0 Å². The van der Waals surface area contributed by atoms with Crippen molar-refractivity contribution in [2.45, 2.75) is 6.92 Å². The van der Waals surface area contributed by atoms with E-state index in [-0.39, 0.29) is 17.4 Å². The van der Waals surface area contributed by atoms with Crippen LogP contribution in [0.15, 0.2) is 46.2 Å². The van der Waals surface area contributed by atoms with Gasteiger partial charge in [0.05, 0.1) is 0 Å². The number of hydrogen-bond donors (Lipinski definition) is 3. The van der Waals surface area contributed by atoms with Crippen LogP contribution < -0.4 is 11.1 Å². The van der Waals surface area contributed by atoms with Crippen molar-refractivity contribution in [3.63, 3.8) is 0 Å². The van der Waals surface area contributed by atoms with Gasteiger partial charge in [-0.05, 0) is 42.8 Å². The van der Waals surface area contributed by atoms with Crippen molar-refractivity contribution in [2.75, 3.05) is 5.32 Å². The first-order valence-corrected chi connectivity index (χ1v) is 6.82. The van der Waals surface area contributed by atoms with E-state index in [1.165, 1.54) is 12.3 Å². The molecule has 0 aliphatic heterocycles. The number of amides is 1. The average molecular weight is 349 g/mol. The molecule has 7 heteroatoms. The molecule has 0 aliphatic rings.